The number of hydrogen-bond acceptors (Lipinski definition) is 5. The van der Waals surface area contributed by atoms with E-state index in [1.165, 1.54) is 10.9 Å². The van der Waals surface area contributed by atoms with E-state index in [0.717, 1.165) is 11.1 Å². The van der Waals surface area contributed by atoms with Gasteiger partial charge in [-0.1, -0.05) is 24.3 Å². The number of nitriles is 1. The Hall–Kier alpha value is -4.32. The number of nitrogens with zero attached hydrogens (tertiary/aromatic N) is 3. The Morgan fingerprint density at radius 2 is 1.89 bits per heavy atom. The first-order valence-corrected chi connectivity index (χ1v) is 8.14. The molecular weight excluding hydrogens is 360 g/mol. The number of carbonyl (C=O) groups excluding carboxylic acids is 2. The van der Waals surface area contributed by atoms with Gasteiger partial charge in [-0.2, -0.15) is 10.4 Å². The molecule has 0 unspecified atom stereocenters. The monoisotopic (exact) mass is 376 g/mol. The van der Waals surface area contributed by atoms with E-state index in [4.69, 9.17) is 21.5 Å². The van der Waals surface area contributed by atoms with Gasteiger partial charge in [0.2, 0.25) is 0 Å². The first-order valence-electron chi connectivity index (χ1n) is 8.14. The molecule has 3 aromatic rings. The average Bonchev–Trinajstić information content (AvgIpc) is 3.10. The fourth-order valence-electron chi connectivity index (χ4n) is 2.60. The molecular formula is C19H16N6O3. The molecule has 0 aliphatic carbocycles. The van der Waals surface area contributed by atoms with Gasteiger partial charge >= 0.3 is 6.03 Å². The highest BCUT2D eigenvalue weighted by Gasteiger charge is 2.16. The molecule has 0 bridgehead atoms. The Balaban J connectivity index is 1.88. The number of urea groups is 1. The molecule has 2 aromatic carbocycles. The van der Waals surface area contributed by atoms with Gasteiger partial charge in [-0.15, -0.1) is 0 Å². The molecule has 3 amide bonds. The van der Waals surface area contributed by atoms with Gasteiger partial charge in [0.25, 0.3) is 5.91 Å². The second-order valence-electron chi connectivity index (χ2n) is 5.71. The third kappa shape index (κ3) is 4.08. The molecule has 5 N–H and O–H groups in total. The molecule has 3 rings (SSSR count). The van der Waals surface area contributed by atoms with Gasteiger partial charge in [-0.25, -0.2) is 9.48 Å². The zero-order valence-corrected chi connectivity index (χ0v) is 14.6. The summed E-state index contributed by atoms with van der Waals surface area (Å²) in [6.45, 7) is -0.0223. The predicted molar refractivity (Wildman–Crippen MR) is 102 cm³/mol. The second kappa shape index (κ2) is 7.92. The van der Waals surface area contributed by atoms with Crippen molar-refractivity contribution in [3.63, 3.8) is 0 Å². The van der Waals surface area contributed by atoms with Crippen molar-refractivity contribution in [3.05, 3.63) is 60.4 Å². The first kappa shape index (κ1) is 18.5. The SMILES string of the molecule is N#CCOc1cccc(-c2ccc(-n3cc(NC(N)=O)c(C(N)=O)n3)cc2)c1. The standard InChI is InChI=1S/C19H16N6O3/c20-8-9-28-15-3-1-2-13(10-15)12-4-6-14(7-5-12)25-11-16(23-19(22)27)17(24-25)18(21)26/h1-7,10-11H,9H2,(H2,21,26)(H3,22,23,27). The van der Waals surface area contributed by atoms with E-state index in [0.29, 0.717) is 11.4 Å². The summed E-state index contributed by atoms with van der Waals surface area (Å²) in [7, 11) is 0. The van der Waals surface area contributed by atoms with Crippen LogP contribution in [0.1, 0.15) is 10.5 Å². The average molecular weight is 376 g/mol. The number of rotatable bonds is 6. The number of hydrogen-bond donors (Lipinski definition) is 3. The van der Waals surface area contributed by atoms with E-state index in [-0.39, 0.29) is 18.0 Å². The van der Waals surface area contributed by atoms with Gasteiger partial charge in [0, 0.05) is 0 Å². The molecule has 9 nitrogen and oxygen atoms in total. The summed E-state index contributed by atoms with van der Waals surface area (Å²) < 4.78 is 6.73. The number of benzene rings is 2. The van der Waals surface area contributed by atoms with Crippen LogP contribution in [0.15, 0.2) is 54.7 Å². The van der Waals surface area contributed by atoms with Crippen LogP contribution in [0.2, 0.25) is 0 Å². The molecule has 0 saturated carbocycles. The van der Waals surface area contributed by atoms with Crippen molar-refractivity contribution in [2.45, 2.75) is 0 Å². The maximum atomic E-state index is 11.5. The van der Waals surface area contributed by atoms with Crippen molar-refractivity contribution in [2.24, 2.45) is 11.5 Å². The summed E-state index contributed by atoms with van der Waals surface area (Å²) in [5.41, 5.74) is 12.9. The van der Waals surface area contributed by atoms with Gasteiger partial charge < -0.3 is 21.5 Å². The molecule has 140 valence electrons. The molecule has 0 aliphatic heterocycles. The number of aromatic nitrogens is 2. The largest absolute Gasteiger partial charge is 0.479 e. The van der Waals surface area contributed by atoms with Crippen LogP contribution in [0.4, 0.5) is 10.5 Å². The molecule has 1 heterocycles. The fourth-order valence-corrected chi connectivity index (χ4v) is 2.60. The zero-order chi connectivity index (χ0) is 20.1. The molecule has 0 spiro atoms. The van der Waals surface area contributed by atoms with E-state index in [1.54, 1.807) is 18.2 Å². The third-order valence-corrected chi connectivity index (χ3v) is 3.81. The van der Waals surface area contributed by atoms with E-state index in [9.17, 15) is 9.59 Å². The lowest BCUT2D eigenvalue weighted by Crippen LogP contribution is -2.22. The van der Waals surface area contributed by atoms with Crippen LogP contribution in [0, 0.1) is 11.3 Å². The van der Waals surface area contributed by atoms with Gasteiger partial charge in [-0.3, -0.25) is 4.79 Å². The van der Waals surface area contributed by atoms with E-state index in [1.807, 2.05) is 36.4 Å². The minimum atomic E-state index is -0.823. The second-order valence-corrected chi connectivity index (χ2v) is 5.71. The van der Waals surface area contributed by atoms with E-state index >= 15 is 0 Å². The number of anilines is 1. The number of ether oxygens (including phenoxy) is 1. The van der Waals surface area contributed by atoms with Crippen LogP contribution >= 0.6 is 0 Å². The minimum Gasteiger partial charge on any atom is -0.479 e. The molecule has 1 aromatic heterocycles. The maximum absolute atomic E-state index is 11.5. The van der Waals surface area contributed by atoms with Crippen molar-refractivity contribution in [2.75, 3.05) is 11.9 Å². The number of nitrogens with one attached hydrogen (secondary N) is 1. The Labute approximate surface area is 160 Å². The summed E-state index contributed by atoms with van der Waals surface area (Å²) in [6.07, 6.45) is 1.45. The lowest BCUT2D eigenvalue weighted by Gasteiger charge is -2.07. The highest BCUT2D eigenvalue weighted by atomic mass is 16.5. The summed E-state index contributed by atoms with van der Waals surface area (Å²) in [5, 5.41) is 15.0. The topological polar surface area (TPSA) is 149 Å². The zero-order valence-electron chi connectivity index (χ0n) is 14.6. The van der Waals surface area contributed by atoms with Gasteiger partial charge in [0.05, 0.1) is 17.6 Å². The van der Waals surface area contributed by atoms with Crippen molar-refractivity contribution in [1.29, 1.82) is 5.26 Å². The van der Waals surface area contributed by atoms with Crippen molar-refractivity contribution in [3.8, 4) is 28.6 Å². The maximum Gasteiger partial charge on any atom is 0.316 e. The van der Waals surface area contributed by atoms with Crippen molar-refractivity contribution >= 4 is 17.6 Å². The smallest absolute Gasteiger partial charge is 0.316 e. The van der Waals surface area contributed by atoms with Gasteiger partial charge in [-0.05, 0) is 35.4 Å². The Kier molecular flexibility index (Phi) is 5.23. The number of carbonyl (C=O) groups is 2. The Morgan fingerprint density at radius 3 is 2.54 bits per heavy atom. The third-order valence-electron chi connectivity index (χ3n) is 3.81. The molecule has 0 fully saturated rings. The minimum absolute atomic E-state index is 0.0223. The summed E-state index contributed by atoms with van der Waals surface area (Å²) in [6, 6.07) is 15.8. The number of amides is 3. The Bertz CT molecular complexity index is 1070. The summed E-state index contributed by atoms with van der Waals surface area (Å²) >= 11 is 0. The highest BCUT2D eigenvalue weighted by molar-refractivity contribution is 6.00. The van der Waals surface area contributed by atoms with Crippen LogP contribution in [0.25, 0.3) is 16.8 Å². The quantitative estimate of drug-likeness (QED) is 0.602. The van der Waals surface area contributed by atoms with Crippen LogP contribution in [0.5, 0.6) is 5.75 Å². The number of primary amides is 2. The molecule has 0 aliphatic rings. The highest BCUT2D eigenvalue weighted by Crippen LogP contribution is 2.25. The van der Waals surface area contributed by atoms with E-state index < -0.39 is 11.9 Å². The van der Waals surface area contributed by atoms with Crippen LogP contribution in [0.3, 0.4) is 0 Å². The number of nitrogens with two attached hydrogens (primary N) is 2. The normalized spacial score (nSPS) is 10.1. The fraction of sp³-hybridized carbons (Fsp3) is 0.0526. The lowest BCUT2D eigenvalue weighted by molar-refractivity contribution is 0.0996. The van der Waals surface area contributed by atoms with Crippen LogP contribution < -0.4 is 21.5 Å². The van der Waals surface area contributed by atoms with Crippen molar-refractivity contribution < 1.29 is 14.3 Å². The molecule has 0 saturated heterocycles. The molecule has 9 heteroatoms. The Morgan fingerprint density at radius 1 is 1.14 bits per heavy atom. The molecule has 0 radical (unpaired) electrons. The molecule has 28 heavy (non-hydrogen) atoms. The van der Waals surface area contributed by atoms with Crippen molar-refractivity contribution in [1.82, 2.24) is 9.78 Å². The summed E-state index contributed by atoms with van der Waals surface area (Å²) in [4.78, 5) is 22.6. The lowest BCUT2D eigenvalue weighted by atomic mass is 10.1. The van der Waals surface area contributed by atoms with Crippen LogP contribution in [-0.2, 0) is 0 Å². The van der Waals surface area contributed by atoms with E-state index in [2.05, 4.69) is 10.4 Å². The van der Waals surface area contributed by atoms with Gasteiger partial charge in [0.1, 0.15) is 11.8 Å². The summed E-state index contributed by atoms with van der Waals surface area (Å²) in [5.74, 6) is -0.184. The first-order chi connectivity index (χ1) is 13.5. The van der Waals surface area contributed by atoms with Gasteiger partial charge in [0.15, 0.2) is 12.3 Å². The molecule has 0 atom stereocenters. The van der Waals surface area contributed by atoms with Crippen LogP contribution in [-0.4, -0.2) is 28.3 Å². The predicted octanol–water partition coefficient (Wildman–Crippen LogP) is 2.03.